The highest BCUT2D eigenvalue weighted by Crippen LogP contribution is 2.27. The summed E-state index contributed by atoms with van der Waals surface area (Å²) in [5.41, 5.74) is 2.60. The van der Waals surface area contributed by atoms with E-state index in [1.54, 1.807) is 0 Å². The van der Waals surface area contributed by atoms with Crippen molar-refractivity contribution >= 4 is 19.2 Å². The lowest BCUT2D eigenvalue weighted by molar-refractivity contribution is -0.137. The maximum absolute atomic E-state index is 12.1. The first-order valence-corrected chi connectivity index (χ1v) is 10.6. The van der Waals surface area contributed by atoms with E-state index in [0.29, 0.717) is 18.1 Å². The fraction of sp³-hybridized carbons (Fsp3) is 0.389. The molecule has 1 saturated carbocycles. The lowest BCUT2D eigenvalue weighted by Gasteiger charge is -2.19. The molecule has 1 aliphatic rings. The minimum absolute atomic E-state index is 0.290. The van der Waals surface area contributed by atoms with E-state index in [1.807, 2.05) is 25.1 Å². The summed E-state index contributed by atoms with van der Waals surface area (Å²) in [4.78, 5) is 12.1. The Balaban J connectivity index is 2.30. The number of rotatable bonds is 4. The van der Waals surface area contributed by atoms with Crippen LogP contribution in [0.5, 0.6) is 0 Å². The monoisotopic (exact) mass is 298 g/mol. The molecule has 1 fully saturated rings. The molecule has 0 radical (unpaired) electrons. The average molecular weight is 298 g/mol. The molecule has 0 atom stereocenters. The summed E-state index contributed by atoms with van der Waals surface area (Å²) in [6.07, 6.45) is 2.31. The van der Waals surface area contributed by atoms with E-state index in [0.717, 1.165) is 12.8 Å². The molecule has 0 amide bonds. The molecule has 2 rings (SSSR count). The molecule has 1 aromatic carbocycles. The van der Waals surface area contributed by atoms with Gasteiger partial charge in [0.25, 0.3) is 0 Å². The molecule has 1 aromatic rings. The number of hydrogen-bond donors (Lipinski definition) is 0. The predicted molar refractivity (Wildman–Crippen MR) is 88.8 cm³/mol. The average Bonchev–Trinajstić information content (AvgIpc) is 3.29. The van der Waals surface area contributed by atoms with E-state index in [1.165, 1.54) is 5.19 Å². The molecule has 0 aromatic heterocycles. The minimum atomic E-state index is -1.85. The number of ether oxygens (including phenoxy) is 1. The molecule has 1 aliphatic carbocycles. The molecule has 0 spiro atoms. The van der Waals surface area contributed by atoms with Gasteiger partial charge in [0.1, 0.15) is 13.6 Å². The van der Waals surface area contributed by atoms with Crippen molar-refractivity contribution in [3.63, 3.8) is 0 Å². The van der Waals surface area contributed by atoms with E-state index in [9.17, 15) is 4.79 Å². The van der Waals surface area contributed by atoms with Gasteiger partial charge < -0.3 is 4.74 Å². The Morgan fingerprint density at radius 1 is 1.33 bits per heavy atom. The van der Waals surface area contributed by atoms with Crippen LogP contribution in [0.4, 0.5) is 0 Å². The van der Waals surface area contributed by atoms with Crippen molar-refractivity contribution < 1.29 is 9.53 Å². The Morgan fingerprint density at radius 2 is 2.00 bits per heavy atom. The first-order valence-electron chi connectivity index (χ1n) is 7.50. The van der Waals surface area contributed by atoms with Crippen molar-refractivity contribution in [3.05, 3.63) is 41.6 Å². The minimum Gasteiger partial charge on any atom is -0.462 e. The summed E-state index contributed by atoms with van der Waals surface area (Å²) in [7, 11) is -1.85. The normalized spacial score (nSPS) is 15.1. The third kappa shape index (κ3) is 4.61. The van der Waals surface area contributed by atoms with E-state index in [-0.39, 0.29) is 5.97 Å². The molecule has 0 N–H and O–H groups in total. The zero-order valence-electron chi connectivity index (χ0n) is 13.0. The summed E-state index contributed by atoms with van der Waals surface area (Å²) in [6, 6.07) is 10.3. The quantitative estimate of drug-likeness (QED) is 0.370. The van der Waals surface area contributed by atoms with Crippen molar-refractivity contribution in [2.75, 3.05) is 6.61 Å². The van der Waals surface area contributed by atoms with Crippen molar-refractivity contribution in [2.24, 2.45) is 5.92 Å². The molecule has 21 heavy (non-hydrogen) atoms. The van der Waals surface area contributed by atoms with Gasteiger partial charge in [0.2, 0.25) is 0 Å². The molecule has 110 valence electrons. The topological polar surface area (TPSA) is 26.3 Å². The Morgan fingerprint density at radius 3 is 2.57 bits per heavy atom. The van der Waals surface area contributed by atoms with Crippen molar-refractivity contribution in [3.8, 4) is 11.8 Å². The Hall–Kier alpha value is -1.79. The van der Waals surface area contributed by atoms with Gasteiger partial charge in [-0.1, -0.05) is 66.2 Å². The molecule has 2 nitrogen and oxygen atoms in total. The first kappa shape index (κ1) is 15.6. The molecular weight excluding hydrogens is 276 g/mol. The van der Waals surface area contributed by atoms with Gasteiger partial charge in [-0.25, -0.2) is 4.79 Å². The van der Waals surface area contributed by atoms with Crippen molar-refractivity contribution in [2.45, 2.75) is 32.9 Å². The SMILES string of the molecule is CCOC(=O)/C(C#CC1CC1)=C/[Si](C)(C)c1ccccc1. The molecule has 0 bridgehead atoms. The van der Waals surface area contributed by atoms with Crippen LogP contribution in [-0.2, 0) is 9.53 Å². The highest BCUT2D eigenvalue weighted by atomic mass is 28.3. The molecule has 3 heteroatoms. The molecular formula is C18H22O2Si. The van der Waals surface area contributed by atoms with Gasteiger partial charge >= 0.3 is 5.97 Å². The number of esters is 1. The van der Waals surface area contributed by atoms with Gasteiger partial charge in [-0.05, 0) is 19.8 Å². The smallest absolute Gasteiger partial charge is 0.345 e. The van der Waals surface area contributed by atoms with E-state index < -0.39 is 8.07 Å². The van der Waals surface area contributed by atoms with E-state index in [4.69, 9.17) is 4.74 Å². The van der Waals surface area contributed by atoms with Crippen molar-refractivity contribution in [1.29, 1.82) is 0 Å². The van der Waals surface area contributed by atoms with Crippen LogP contribution in [0.25, 0.3) is 0 Å². The van der Waals surface area contributed by atoms with Gasteiger partial charge in [0, 0.05) is 5.92 Å². The second-order valence-corrected chi connectivity index (χ2v) is 10.2. The third-order valence-corrected chi connectivity index (χ3v) is 6.34. The van der Waals surface area contributed by atoms with Crippen LogP contribution >= 0.6 is 0 Å². The highest BCUT2D eigenvalue weighted by molar-refractivity contribution is 6.94. The van der Waals surface area contributed by atoms with Crippen LogP contribution < -0.4 is 5.19 Å². The zero-order chi connectivity index (χ0) is 15.3. The van der Waals surface area contributed by atoms with Crippen molar-refractivity contribution in [1.82, 2.24) is 0 Å². The third-order valence-electron chi connectivity index (χ3n) is 3.51. The summed E-state index contributed by atoms with van der Waals surface area (Å²) < 4.78 is 5.15. The largest absolute Gasteiger partial charge is 0.462 e. The number of benzene rings is 1. The molecule has 0 saturated heterocycles. The van der Waals surface area contributed by atoms with Gasteiger partial charge in [0.15, 0.2) is 0 Å². The highest BCUT2D eigenvalue weighted by Gasteiger charge is 2.24. The van der Waals surface area contributed by atoms with Gasteiger partial charge in [-0.3, -0.25) is 0 Å². The van der Waals surface area contributed by atoms with Crippen LogP contribution in [0.15, 0.2) is 41.6 Å². The first-order chi connectivity index (χ1) is 10.0. The van der Waals surface area contributed by atoms with Crippen LogP contribution in [0.1, 0.15) is 19.8 Å². The van der Waals surface area contributed by atoms with E-state index in [2.05, 4.69) is 42.8 Å². The molecule has 0 aliphatic heterocycles. The summed E-state index contributed by atoms with van der Waals surface area (Å²) in [6.45, 7) is 6.65. The van der Waals surface area contributed by atoms with Crippen LogP contribution in [0, 0.1) is 17.8 Å². The Bertz CT molecular complexity index is 587. The standard InChI is InChI=1S/C18H22O2Si/c1-4-20-18(19)16(13-12-15-10-11-15)14-21(2,3)17-8-6-5-7-9-17/h5-9,14-15H,4,10-11H2,1-3H3/b16-14+. The summed E-state index contributed by atoms with van der Waals surface area (Å²) in [5, 5.41) is 1.29. The second kappa shape index (κ2) is 6.78. The molecule has 0 unspecified atom stereocenters. The van der Waals surface area contributed by atoms with Crippen LogP contribution in [0.2, 0.25) is 13.1 Å². The Labute approximate surface area is 128 Å². The van der Waals surface area contributed by atoms with Crippen LogP contribution in [-0.4, -0.2) is 20.7 Å². The van der Waals surface area contributed by atoms with Crippen LogP contribution in [0.3, 0.4) is 0 Å². The lowest BCUT2D eigenvalue weighted by atomic mass is 10.3. The van der Waals surface area contributed by atoms with Gasteiger partial charge in [-0.2, -0.15) is 0 Å². The van der Waals surface area contributed by atoms with Gasteiger partial charge in [-0.15, -0.1) is 0 Å². The molecule has 0 heterocycles. The maximum atomic E-state index is 12.1. The second-order valence-electron chi connectivity index (χ2n) is 5.91. The van der Waals surface area contributed by atoms with Gasteiger partial charge in [0.05, 0.1) is 6.61 Å². The summed E-state index contributed by atoms with van der Waals surface area (Å²) >= 11 is 0. The fourth-order valence-electron chi connectivity index (χ4n) is 2.07. The number of carbonyl (C=O) groups excluding carboxylic acids is 1. The summed E-state index contributed by atoms with van der Waals surface area (Å²) in [5.74, 6) is 6.42. The number of hydrogen-bond acceptors (Lipinski definition) is 2. The fourth-order valence-corrected chi connectivity index (χ4v) is 4.20. The van der Waals surface area contributed by atoms with E-state index >= 15 is 0 Å². The zero-order valence-corrected chi connectivity index (χ0v) is 14.0. The predicted octanol–water partition coefficient (Wildman–Crippen LogP) is 3.04. The lowest BCUT2D eigenvalue weighted by Crippen LogP contribution is -2.40. The maximum Gasteiger partial charge on any atom is 0.345 e. The number of carbonyl (C=O) groups is 1. The Kier molecular flexibility index (Phi) is 5.03.